The molecule has 0 radical (unpaired) electrons. The normalized spacial score (nSPS) is 11.9. The zero-order chi connectivity index (χ0) is 12.7. The number of benzene rings is 1. The van der Waals surface area contributed by atoms with E-state index in [1.165, 1.54) is 0 Å². The Morgan fingerprint density at radius 1 is 1.47 bits per heavy atom. The van der Waals surface area contributed by atoms with Gasteiger partial charge < -0.3 is 9.84 Å². The minimum Gasteiger partial charge on any atom is -0.481 e. The van der Waals surface area contributed by atoms with E-state index in [-0.39, 0.29) is 13.2 Å². The van der Waals surface area contributed by atoms with E-state index in [4.69, 9.17) is 21.4 Å². The van der Waals surface area contributed by atoms with Gasteiger partial charge in [-0.3, -0.25) is 9.63 Å². The van der Waals surface area contributed by atoms with Gasteiger partial charge in [0.15, 0.2) is 6.10 Å². The predicted molar refractivity (Wildman–Crippen MR) is 62.7 cm³/mol. The van der Waals surface area contributed by atoms with Gasteiger partial charge in [0, 0.05) is 5.02 Å². The number of hydroxylamine groups is 1. The summed E-state index contributed by atoms with van der Waals surface area (Å²) in [4.78, 5) is 16.1. The Morgan fingerprint density at radius 2 is 2.12 bits per heavy atom. The zero-order valence-electron chi connectivity index (χ0n) is 9.35. The number of ether oxygens (including phenoxy) is 1. The number of hydrogen-bond acceptors (Lipinski definition) is 4. The van der Waals surface area contributed by atoms with Crippen molar-refractivity contribution >= 4 is 17.5 Å². The smallest absolute Gasteiger partial charge is 0.284 e. The molecule has 1 aromatic rings. The van der Waals surface area contributed by atoms with E-state index in [0.29, 0.717) is 10.8 Å². The Bertz CT molecular complexity index is 355. The highest BCUT2D eigenvalue weighted by molar-refractivity contribution is 6.30. The molecule has 1 aromatic carbocycles. The van der Waals surface area contributed by atoms with Gasteiger partial charge in [0.05, 0.1) is 13.2 Å². The summed E-state index contributed by atoms with van der Waals surface area (Å²) in [5.41, 5.74) is 2.16. The SMILES string of the molecule is C[C@H](Oc1ccc(Cl)cc1)C(=O)NOCCO. The summed E-state index contributed by atoms with van der Waals surface area (Å²) in [7, 11) is 0. The molecule has 5 nitrogen and oxygen atoms in total. The molecule has 0 bridgehead atoms. The van der Waals surface area contributed by atoms with Gasteiger partial charge in [-0.25, -0.2) is 5.48 Å². The van der Waals surface area contributed by atoms with Gasteiger partial charge in [0.1, 0.15) is 5.75 Å². The third-order valence-electron chi connectivity index (χ3n) is 1.86. The quantitative estimate of drug-likeness (QED) is 0.594. The van der Waals surface area contributed by atoms with Gasteiger partial charge >= 0.3 is 0 Å². The molecule has 1 atom stereocenters. The first kappa shape index (κ1) is 13.8. The number of amides is 1. The number of aliphatic hydroxyl groups is 1. The molecule has 0 aliphatic heterocycles. The van der Waals surface area contributed by atoms with Crippen molar-refractivity contribution in [2.45, 2.75) is 13.0 Å². The fourth-order valence-corrected chi connectivity index (χ4v) is 1.15. The average Bonchev–Trinajstić information content (AvgIpc) is 2.32. The van der Waals surface area contributed by atoms with Gasteiger partial charge in [-0.1, -0.05) is 11.6 Å². The first-order valence-corrected chi connectivity index (χ1v) is 5.46. The van der Waals surface area contributed by atoms with Crippen LogP contribution < -0.4 is 10.2 Å². The molecule has 0 spiro atoms. The molecule has 17 heavy (non-hydrogen) atoms. The molecule has 0 saturated carbocycles. The zero-order valence-corrected chi connectivity index (χ0v) is 10.1. The molecule has 0 heterocycles. The highest BCUT2D eigenvalue weighted by atomic mass is 35.5. The molecule has 0 unspecified atom stereocenters. The molecule has 0 aromatic heterocycles. The Labute approximate surface area is 104 Å². The third kappa shape index (κ3) is 5.04. The maximum atomic E-state index is 11.4. The number of carbonyl (C=O) groups excluding carboxylic acids is 1. The van der Waals surface area contributed by atoms with E-state index in [1.807, 2.05) is 0 Å². The number of rotatable bonds is 6. The standard InChI is InChI=1S/C11H14ClNO4/c1-8(11(15)13-16-7-6-14)17-10-4-2-9(12)3-5-10/h2-5,8,14H,6-7H2,1H3,(H,13,15)/t8-/m0/s1. The highest BCUT2D eigenvalue weighted by Gasteiger charge is 2.14. The molecule has 1 rings (SSSR count). The lowest BCUT2D eigenvalue weighted by Gasteiger charge is -2.14. The van der Waals surface area contributed by atoms with Crippen LogP contribution in [0.3, 0.4) is 0 Å². The van der Waals surface area contributed by atoms with Crippen molar-refractivity contribution in [3.8, 4) is 5.75 Å². The molecule has 2 N–H and O–H groups in total. The maximum Gasteiger partial charge on any atom is 0.284 e. The van der Waals surface area contributed by atoms with Crippen LogP contribution in [0.5, 0.6) is 5.75 Å². The van der Waals surface area contributed by atoms with E-state index in [9.17, 15) is 4.79 Å². The van der Waals surface area contributed by atoms with E-state index >= 15 is 0 Å². The van der Waals surface area contributed by atoms with Crippen molar-refractivity contribution in [2.75, 3.05) is 13.2 Å². The van der Waals surface area contributed by atoms with Crippen LogP contribution >= 0.6 is 11.6 Å². The van der Waals surface area contributed by atoms with Crippen molar-refractivity contribution in [2.24, 2.45) is 0 Å². The summed E-state index contributed by atoms with van der Waals surface area (Å²) in [5.74, 6) is 0.118. The monoisotopic (exact) mass is 259 g/mol. The topological polar surface area (TPSA) is 67.8 Å². The summed E-state index contributed by atoms with van der Waals surface area (Å²) < 4.78 is 5.35. The minimum absolute atomic E-state index is 0.0411. The third-order valence-corrected chi connectivity index (χ3v) is 2.11. The lowest BCUT2D eigenvalue weighted by molar-refractivity contribution is -0.140. The number of halogens is 1. The molecular formula is C11H14ClNO4. The lowest BCUT2D eigenvalue weighted by atomic mass is 10.3. The average molecular weight is 260 g/mol. The second-order valence-corrected chi connectivity index (χ2v) is 3.69. The van der Waals surface area contributed by atoms with E-state index < -0.39 is 12.0 Å². The second kappa shape index (κ2) is 7.11. The van der Waals surface area contributed by atoms with Crippen LogP contribution in [0.25, 0.3) is 0 Å². The predicted octanol–water partition coefficient (Wildman–Crippen LogP) is 1.15. The molecule has 6 heteroatoms. The fourth-order valence-electron chi connectivity index (χ4n) is 1.02. The Kier molecular flexibility index (Phi) is 5.76. The van der Waals surface area contributed by atoms with Gasteiger partial charge in [-0.15, -0.1) is 0 Å². The van der Waals surface area contributed by atoms with E-state index in [1.54, 1.807) is 31.2 Å². The van der Waals surface area contributed by atoms with Crippen molar-refractivity contribution in [1.29, 1.82) is 0 Å². The summed E-state index contributed by atoms with van der Waals surface area (Å²) in [6.45, 7) is 1.47. The molecule has 0 aliphatic carbocycles. The van der Waals surface area contributed by atoms with Gasteiger partial charge in [0.2, 0.25) is 0 Å². The van der Waals surface area contributed by atoms with Crippen LogP contribution in [0.1, 0.15) is 6.92 Å². The molecular weight excluding hydrogens is 246 g/mol. The van der Waals surface area contributed by atoms with Crippen molar-refractivity contribution in [3.63, 3.8) is 0 Å². The van der Waals surface area contributed by atoms with Crippen LogP contribution in [0.2, 0.25) is 5.02 Å². The van der Waals surface area contributed by atoms with Gasteiger partial charge in [-0.2, -0.15) is 0 Å². The van der Waals surface area contributed by atoms with E-state index in [0.717, 1.165) is 0 Å². The van der Waals surface area contributed by atoms with E-state index in [2.05, 4.69) is 10.3 Å². The fraction of sp³-hybridized carbons (Fsp3) is 0.364. The van der Waals surface area contributed by atoms with Crippen LogP contribution in [-0.4, -0.2) is 30.3 Å². The van der Waals surface area contributed by atoms with Gasteiger partial charge in [0.25, 0.3) is 5.91 Å². The van der Waals surface area contributed by atoms with Crippen molar-refractivity contribution < 1.29 is 19.5 Å². The molecule has 0 fully saturated rings. The Morgan fingerprint density at radius 3 is 2.71 bits per heavy atom. The first-order valence-electron chi connectivity index (χ1n) is 5.08. The number of nitrogens with one attached hydrogen (secondary N) is 1. The summed E-state index contributed by atoms with van der Waals surface area (Å²) >= 11 is 5.72. The highest BCUT2D eigenvalue weighted by Crippen LogP contribution is 2.16. The first-order chi connectivity index (χ1) is 8.13. The largest absolute Gasteiger partial charge is 0.481 e. The van der Waals surface area contributed by atoms with Gasteiger partial charge in [-0.05, 0) is 31.2 Å². The summed E-state index contributed by atoms with van der Waals surface area (Å²) in [5, 5.41) is 9.06. The molecule has 1 amide bonds. The molecule has 94 valence electrons. The maximum absolute atomic E-state index is 11.4. The minimum atomic E-state index is -0.699. The lowest BCUT2D eigenvalue weighted by Crippen LogP contribution is -2.36. The van der Waals surface area contributed by atoms with Crippen LogP contribution in [-0.2, 0) is 9.63 Å². The number of hydrogen-bond donors (Lipinski definition) is 2. The summed E-state index contributed by atoms with van der Waals surface area (Å²) in [6, 6.07) is 6.68. The number of carbonyl (C=O) groups is 1. The van der Waals surface area contributed by atoms with Crippen LogP contribution in [0, 0.1) is 0 Å². The molecule has 0 saturated heterocycles. The second-order valence-electron chi connectivity index (χ2n) is 3.25. The number of aliphatic hydroxyl groups excluding tert-OH is 1. The van der Waals surface area contributed by atoms with Crippen molar-refractivity contribution in [1.82, 2.24) is 5.48 Å². The Hall–Kier alpha value is -1.30. The van der Waals surface area contributed by atoms with Crippen molar-refractivity contribution in [3.05, 3.63) is 29.3 Å². The summed E-state index contributed by atoms with van der Waals surface area (Å²) in [6.07, 6.45) is -0.699. The van der Waals surface area contributed by atoms with Crippen LogP contribution in [0.15, 0.2) is 24.3 Å². The van der Waals surface area contributed by atoms with Crippen LogP contribution in [0.4, 0.5) is 0 Å². The Balaban J connectivity index is 2.40. The molecule has 0 aliphatic rings.